The van der Waals surface area contributed by atoms with Gasteiger partial charge in [-0.25, -0.2) is 15.0 Å². The molecule has 0 spiro atoms. The van der Waals surface area contributed by atoms with Crippen molar-refractivity contribution in [3.05, 3.63) is 12.7 Å². The maximum atomic E-state index is 11.9. The number of anilines is 1. The summed E-state index contributed by atoms with van der Waals surface area (Å²) in [6, 6.07) is -1.52. The molecule has 0 saturated carbocycles. The Labute approximate surface area is 163 Å². The number of imidazole rings is 1. The Hall–Kier alpha value is -2.21. The highest BCUT2D eigenvalue weighted by atomic mass is 35.5. The van der Waals surface area contributed by atoms with Gasteiger partial charge in [-0.2, -0.15) is 0 Å². The molecule has 0 unspecified atom stereocenters. The minimum absolute atomic E-state index is 0.184. The van der Waals surface area contributed by atoms with E-state index >= 15 is 0 Å². The Kier molecular flexibility index (Phi) is 5.95. The fraction of sp³-hybridized carbons (Fsp3) is 0.500. The first-order valence-electron chi connectivity index (χ1n) is 7.90. The summed E-state index contributed by atoms with van der Waals surface area (Å²) >= 11 is 11.2. The molecule has 27 heavy (non-hydrogen) atoms. The first kappa shape index (κ1) is 19.5. The number of amides is 2. The van der Waals surface area contributed by atoms with Gasteiger partial charge < -0.3 is 26.2 Å². The topological polar surface area (TPSA) is 157 Å². The third kappa shape index (κ3) is 3.76. The molecule has 146 valence electrons. The second-order valence-electron chi connectivity index (χ2n) is 5.78. The van der Waals surface area contributed by atoms with Crippen molar-refractivity contribution in [3.63, 3.8) is 0 Å². The van der Waals surface area contributed by atoms with E-state index in [-0.39, 0.29) is 17.6 Å². The van der Waals surface area contributed by atoms with E-state index in [0.29, 0.717) is 11.2 Å². The average Bonchev–Trinajstić information content (AvgIpc) is 3.24. The van der Waals surface area contributed by atoms with Gasteiger partial charge in [0.15, 0.2) is 17.7 Å². The number of rotatable bonds is 6. The number of carbonyl (C=O) groups is 2. The molecule has 0 aliphatic carbocycles. The number of nitrogens with one attached hydrogen (secondary N) is 2. The third-order valence-corrected chi connectivity index (χ3v) is 4.63. The van der Waals surface area contributed by atoms with E-state index in [1.54, 1.807) is 4.57 Å². The Morgan fingerprint density at radius 1 is 1.19 bits per heavy atom. The monoisotopic (exact) mass is 417 g/mol. The summed E-state index contributed by atoms with van der Waals surface area (Å²) in [6.07, 6.45) is 1.06. The molecule has 1 saturated heterocycles. The van der Waals surface area contributed by atoms with Gasteiger partial charge in [-0.05, 0) is 0 Å². The zero-order valence-corrected chi connectivity index (χ0v) is 15.4. The number of nitrogens with two attached hydrogens (primary N) is 1. The van der Waals surface area contributed by atoms with Crippen molar-refractivity contribution < 1.29 is 19.4 Å². The summed E-state index contributed by atoms with van der Waals surface area (Å²) < 4.78 is 7.42. The Bertz CT molecular complexity index is 848. The van der Waals surface area contributed by atoms with E-state index < -0.39 is 42.8 Å². The van der Waals surface area contributed by atoms with Gasteiger partial charge in [0.25, 0.3) is 0 Å². The van der Waals surface area contributed by atoms with Crippen LogP contribution in [0.3, 0.4) is 0 Å². The van der Waals surface area contributed by atoms with Gasteiger partial charge in [-0.1, -0.05) is 0 Å². The lowest BCUT2D eigenvalue weighted by atomic mass is 10.0. The molecule has 11 nitrogen and oxygen atoms in total. The SMILES string of the molecule is Nc1ncnc2c1ncn2[C@@H]1O[C@H](CO)[C@@H](NC(=O)CCl)[C@H]1NC(=O)CCl. The number of alkyl halides is 2. The number of fused-ring (bicyclic) bond motifs is 1. The highest BCUT2D eigenvalue weighted by molar-refractivity contribution is 6.27. The highest BCUT2D eigenvalue weighted by Crippen LogP contribution is 2.32. The number of nitrogens with zero attached hydrogens (tertiary/aromatic N) is 4. The molecular formula is C14H17Cl2N7O4. The maximum absolute atomic E-state index is 11.9. The van der Waals surface area contributed by atoms with Crippen LogP contribution < -0.4 is 16.4 Å². The molecule has 2 aromatic heterocycles. The number of hydrogen-bond acceptors (Lipinski definition) is 8. The van der Waals surface area contributed by atoms with Gasteiger partial charge in [0.2, 0.25) is 11.8 Å². The van der Waals surface area contributed by atoms with Crippen molar-refractivity contribution in [1.29, 1.82) is 0 Å². The van der Waals surface area contributed by atoms with Crippen molar-refractivity contribution in [2.24, 2.45) is 0 Å². The number of aliphatic hydroxyl groups is 1. The van der Waals surface area contributed by atoms with Crippen molar-refractivity contribution >= 4 is 52.0 Å². The van der Waals surface area contributed by atoms with E-state index in [2.05, 4.69) is 25.6 Å². The van der Waals surface area contributed by atoms with Crippen LogP contribution >= 0.6 is 23.2 Å². The molecule has 1 aliphatic heterocycles. The fourth-order valence-corrected chi connectivity index (χ4v) is 3.16. The van der Waals surface area contributed by atoms with Gasteiger partial charge in [-0.15, -0.1) is 23.2 Å². The van der Waals surface area contributed by atoms with Crippen LogP contribution in [0.5, 0.6) is 0 Å². The number of aliphatic hydroxyl groups excluding tert-OH is 1. The molecule has 1 aliphatic rings. The van der Waals surface area contributed by atoms with E-state index in [4.69, 9.17) is 33.7 Å². The van der Waals surface area contributed by atoms with Crippen LogP contribution in [0.2, 0.25) is 0 Å². The number of hydrogen-bond donors (Lipinski definition) is 4. The molecular weight excluding hydrogens is 401 g/mol. The fourth-order valence-electron chi connectivity index (χ4n) is 3.00. The van der Waals surface area contributed by atoms with E-state index in [1.807, 2.05) is 0 Å². The lowest BCUT2D eigenvalue weighted by Gasteiger charge is -2.25. The zero-order chi connectivity index (χ0) is 19.6. The molecule has 1 fully saturated rings. The van der Waals surface area contributed by atoms with E-state index in [9.17, 15) is 14.7 Å². The molecule has 3 heterocycles. The summed E-state index contributed by atoms with van der Waals surface area (Å²) in [7, 11) is 0. The summed E-state index contributed by atoms with van der Waals surface area (Å²) in [5.74, 6) is -1.34. The van der Waals surface area contributed by atoms with E-state index in [1.165, 1.54) is 12.7 Å². The predicted molar refractivity (Wildman–Crippen MR) is 96.0 cm³/mol. The smallest absolute Gasteiger partial charge is 0.235 e. The van der Waals surface area contributed by atoms with Gasteiger partial charge in [0, 0.05) is 0 Å². The number of ether oxygens (including phenoxy) is 1. The van der Waals surface area contributed by atoms with Gasteiger partial charge >= 0.3 is 0 Å². The van der Waals surface area contributed by atoms with Gasteiger partial charge in [-0.3, -0.25) is 14.2 Å². The number of aromatic nitrogens is 4. The van der Waals surface area contributed by atoms with Crippen LogP contribution in [-0.2, 0) is 14.3 Å². The van der Waals surface area contributed by atoms with Crippen molar-refractivity contribution in [1.82, 2.24) is 30.2 Å². The van der Waals surface area contributed by atoms with Gasteiger partial charge in [0.1, 0.15) is 29.7 Å². The largest absolute Gasteiger partial charge is 0.394 e. The Morgan fingerprint density at radius 2 is 1.85 bits per heavy atom. The van der Waals surface area contributed by atoms with Crippen molar-refractivity contribution in [2.75, 3.05) is 24.1 Å². The van der Waals surface area contributed by atoms with Crippen LogP contribution in [0.1, 0.15) is 6.23 Å². The molecule has 13 heteroatoms. The molecule has 3 rings (SSSR count). The lowest BCUT2D eigenvalue weighted by Crippen LogP contribution is -2.55. The Morgan fingerprint density at radius 3 is 2.48 bits per heavy atom. The lowest BCUT2D eigenvalue weighted by molar-refractivity contribution is -0.122. The molecule has 4 atom stereocenters. The minimum Gasteiger partial charge on any atom is -0.394 e. The summed E-state index contributed by atoms with van der Waals surface area (Å²) in [4.78, 5) is 35.9. The second-order valence-corrected chi connectivity index (χ2v) is 6.32. The summed E-state index contributed by atoms with van der Waals surface area (Å²) in [6.45, 7) is -0.402. The maximum Gasteiger partial charge on any atom is 0.235 e. The highest BCUT2D eigenvalue weighted by Gasteiger charge is 2.47. The normalized spacial score (nSPS) is 24.9. The predicted octanol–water partition coefficient (Wildman–Crippen LogP) is -1.25. The molecule has 0 radical (unpaired) electrons. The molecule has 2 aromatic rings. The first-order valence-corrected chi connectivity index (χ1v) is 8.97. The quantitative estimate of drug-likeness (QED) is 0.424. The zero-order valence-electron chi connectivity index (χ0n) is 13.9. The number of nitrogen functional groups attached to an aromatic ring is 1. The second kappa shape index (κ2) is 8.21. The van der Waals surface area contributed by atoms with Crippen LogP contribution in [0.15, 0.2) is 12.7 Å². The summed E-state index contributed by atoms with van der Waals surface area (Å²) in [5.41, 5.74) is 6.54. The van der Waals surface area contributed by atoms with Crippen LogP contribution in [0, 0.1) is 0 Å². The number of halogens is 2. The van der Waals surface area contributed by atoms with E-state index in [0.717, 1.165) is 0 Å². The first-order chi connectivity index (χ1) is 13.0. The summed E-state index contributed by atoms with van der Waals surface area (Å²) in [5, 5.41) is 15.0. The molecule has 5 N–H and O–H groups in total. The minimum atomic E-state index is -0.839. The number of carbonyl (C=O) groups excluding carboxylic acids is 2. The molecule has 2 amide bonds. The van der Waals surface area contributed by atoms with Gasteiger partial charge in [0.05, 0.1) is 25.0 Å². The Balaban J connectivity index is 2.01. The van der Waals surface area contributed by atoms with Crippen LogP contribution in [0.25, 0.3) is 11.2 Å². The van der Waals surface area contributed by atoms with Crippen LogP contribution in [0.4, 0.5) is 5.82 Å². The molecule has 0 aromatic carbocycles. The van der Waals surface area contributed by atoms with Crippen molar-refractivity contribution in [2.45, 2.75) is 24.4 Å². The standard InChI is InChI=1S/C14H17Cl2N7O4/c15-1-7(25)21-9-6(3-24)27-14(10(9)22-8(26)2-16)23-5-20-11-12(17)18-4-19-13(11)23/h4-6,9-10,14,24H,1-3H2,(H,21,25)(H,22,26)(H2,17,18,19)/t6-,9-,10-,14-/m1/s1. The van der Waals surface area contributed by atoms with Crippen LogP contribution in [-0.4, -0.2) is 73.0 Å². The van der Waals surface area contributed by atoms with Crippen molar-refractivity contribution in [3.8, 4) is 0 Å². The molecule has 0 bridgehead atoms. The average molecular weight is 418 g/mol. The third-order valence-electron chi connectivity index (χ3n) is 4.15.